The molecule has 6 heteroatoms. The number of carbonyl (C=O) groups is 1. The first kappa shape index (κ1) is 16.1. The maximum Gasteiger partial charge on any atom is 0.195 e. The number of methoxy groups -OCH3 is 2. The molecule has 0 fully saturated rings. The van der Waals surface area contributed by atoms with Crippen molar-refractivity contribution in [2.75, 3.05) is 14.2 Å². The van der Waals surface area contributed by atoms with Gasteiger partial charge in [0.15, 0.2) is 11.2 Å². The summed E-state index contributed by atoms with van der Waals surface area (Å²) >= 11 is 1.69. The van der Waals surface area contributed by atoms with E-state index in [2.05, 4.69) is 6.92 Å². The van der Waals surface area contributed by atoms with Crippen LogP contribution in [0.3, 0.4) is 0 Å². The summed E-state index contributed by atoms with van der Waals surface area (Å²) in [7, 11) is 3.24. The van der Waals surface area contributed by atoms with Crippen LogP contribution in [0.2, 0.25) is 0 Å². The molecule has 1 aromatic carbocycles. The minimum Gasteiger partial charge on any atom is -0.497 e. The number of benzene rings is 1. The third kappa shape index (κ3) is 2.52. The average molecular weight is 356 g/mol. The van der Waals surface area contributed by atoms with E-state index in [1.807, 2.05) is 22.6 Å². The minimum atomic E-state index is 0.591. The molecule has 0 amide bonds. The van der Waals surface area contributed by atoms with Crippen molar-refractivity contribution in [3.8, 4) is 22.8 Å². The number of thiazole rings is 1. The Morgan fingerprint density at radius 3 is 2.88 bits per heavy atom. The molecule has 0 bridgehead atoms. The summed E-state index contributed by atoms with van der Waals surface area (Å²) in [6, 6.07) is 5.55. The molecule has 0 saturated carbocycles. The maximum atomic E-state index is 11.9. The van der Waals surface area contributed by atoms with Gasteiger partial charge in [0, 0.05) is 16.1 Å². The zero-order chi connectivity index (χ0) is 17.6. The van der Waals surface area contributed by atoms with Gasteiger partial charge in [0.1, 0.15) is 22.9 Å². The van der Waals surface area contributed by atoms with Gasteiger partial charge in [-0.1, -0.05) is 6.92 Å². The van der Waals surface area contributed by atoms with Gasteiger partial charge in [-0.3, -0.25) is 9.20 Å². The first-order chi connectivity index (χ1) is 12.2. The number of nitrogens with zero attached hydrogens (tertiary/aromatic N) is 2. The lowest BCUT2D eigenvalue weighted by molar-refractivity contribution is 0.111. The van der Waals surface area contributed by atoms with Crippen molar-refractivity contribution in [3.05, 3.63) is 34.5 Å². The molecule has 130 valence electrons. The first-order valence-corrected chi connectivity index (χ1v) is 9.18. The quantitative estimate of drug-likeness (QED) is 0.663. The van der Waals surface area contributed by atoms with Crippen molar-refractivity contribution < 1.29 is 14.3 Å². The van der Waals surface area contributed by atoms with Crippen LogP contribution in [0.5, 0.6) is 11.5 Å². The number of aryl methyl sites for hydroxylation is 1. The summed E-state index contributed by atoms with van der Waals surface area (Å²) in [6.45, 7) is 2.28. The van der Waals surface area contributed by atoms with Crippen LogP contribution in [0.1, 0.15) is 34.4 Å². The normalized spacial score (nSPS) is 16.7. The fourth-order valence-electron chi connectivity index (χ4n) is 3.55. The molecule has 3 aromatic rings. The molecule has 1 atom stereocenters. The predicted molar refractivity (Wildman–Crippen MR) is 98.2 cm³/mol. The van der Waals surface area contributed by atoms with E-state index in [4.69, 9.17) is 14.5 Å². The molecule has 25 heavy (non-hydrogen) atoms. The molecular weight excluding hydrogens is 336 g/mol. The van der Waals surface area contributed by atoms with Gasteiger partial charge >= 0.3 is 0 Å². The van der Waals surface area contributed by atoms with Gasteiger partial charge < -0.3 is 9.47 Å². The molecule has 1 aliphatic carbocycles. The Labute approximate surface area is 150 Å². The van der Waals surface area contributed by atoms with E-state index >= 15 is 0 Å². The summed E-state index contributed by atoms with van der Waals surface area (Å²) in [5, 5.41) is 0. The third-order valence-corrected chi connectivity index (χ3v) is 5.97. The summed E-state index contributed by atoms with van der Waals surface area (Å²) in [6.07, 6.45) is 4.11. The SMILES string of the molecule is COc1ccc(OC)c(-c2nc3sc4c(n3c2C=O)CCC(C)C4)c1. The van der Waals surface area contributed by atoms with Gasteiger partial charge in [0.2, 0.25) is 0 Å². The van der Waals surface area contributed by atoms with Crippen molar-refractivity contribution in [2.24, 2.45) is 5.92 Å². The summed E-state index contributed by atoms with van der Waals surface area (Å²) < 4.78 is 12.8. The molecular formula is C19H20N2O3S. The van der Waals surface area contributed by atoms with E-state index in [-0.39, 0.29) is 0 Å². The lowest BCUT2D eigenvalue weighted by Gasteiger charge is -2.18. The monoisotopic (exact) mass is 356 g/mol. The van der Waals surface area contributed by atoms with Crippen LogP contribution >= 0.6 is 11.3 Å². The molecule has 0 aliphatic heterocycles. The topological polar surface area (TPSA) is 52.8 Å². The Kier molecular flexibility index (Phi) is 4.00. The molecule has 2 heterocycles. The van der Waals surface area contributed by atoms with E-state index in [0.29, 0.717) is 28.8 Å². The fraction of sp³-hybridized carbons (Fsp3) is 0.368. The number of rotatable bonds is 4. The van der Waals surface area contributed by atoms with Crippen molar-refractivity contribution in [1.82, 2.24) is 9.38 Å². The standard InChI is InChI=1S/C19H20N2O3S/c1-11-4-6-14-17(8-11)25-19-20-18(15(10-22)21(14)19)13-9-12(23-2)5-7-16(13)24-3/h5,7,9-11H,4,6,8H2,1-3H3. The van der Waals surface area contributed by atoms with Crippen LogP contribution in [0.25, 0.3) is 16.2 Å². The second kappa shape index (κ2) is 6.19. The van der Waals surface area contributed by atoms with Gasteiger partial charge in [-0.25, -0.2) is 4.98 Å². The molecule has 0 radical (unpaired) electrons. The Bertz CT molecular complexity index is 957. The van der Waals surface area contributed by atoms with Crippen molar-refractivity contribution in [1.29, 1.82) is 0 Å². The third-order valence-electron chi connectivity index (χ3n) is 4.87. The smallest absolute Gasteiger partial charge is 0.195 e. The lowest BCUT2D eigenvalue weighted by atomic mass is 9.93. The number of ether oxygens (including phenoxy) is 2. The number of aldehydes is 1. The number of carbonyl (C=O) groups excluding carboxylic acids is 1. The number of aromatic nitrogens is 2. The van der Waals surface area contributed by atoms with E-state index < -0.39 is 0 Å². The minimum absolute atomic E-state index is 0.591. The summed E-state index contributed by atoms with van der Waals surface area (Å²) in [5.41, 5.74) is 3.26. The Morgan fingerprint density at radius 2 is 2.16 bits per heavy atom. The molecule has 0 N–H and O–H groups in total. The molecule has 1 aliphatic rings. The molecule has 4 rings (SSSR count). The molecule has 0 saturated heterocycles. The van der Waals surface area contributed by atoms with Gasteiger partial charge in [-0.15, -0.1) is 11.3 Å². The second-order valence-corrected chi connectivity index (χ2v) is 7.53. The Morgan fingerprint density at radius 1 is 1.32 bits per heavy atom. The average Bonchev–Trinajstić information content (AvgIpc) is 3.15. The van der Waals surface area contributed by atoms with Crippen molar-refractivity contribution in [2.45, 2.75) is 26.2 Å². The van der Waals surface area contributed by atoms with Crippen LogP contribution in [0.4, 0.5) is 0 Å². The number of imidazole rings is 1. The van der Waals surface area contributed by atoms with Crippen LogP contribution < -0.4 is 9.47 Å². The van der Waals surface area contributed by atoms with Crippen LogP contribution in [0, 0.1) is 5.92 Å². The Balaban J connectivity index is 1.95. The van der Waals surface area contributed by atoms with E-state index in [1.54, 1.807) is 25.6 Å². The van der Waals surface area contributed by atoms with E-state index in [9.17, 15) is 4.79 Å². The second-order valence-electron chi connectivity index (χ2n) is 6.47. The van der Waals surface area contributed by atoms with E-state index in [0.717, 1.165) is 36.1 Å². The van der Waals surface area contributed by atoms with Crippen LogP contribution in [-0.4, -0.2) is 29.9 Å². The van der Waals surface area contributed by atoms with Gasteiger partial charge in [0.05, 0.1) is 14.2 Å². The fourth-order valence-corrected chi connectivity index (χ4v) is 4.89. The lowest BCUT2D eigenvalue weighted by Crippen LogP contribution is -2.11. The molecule has 5 nitrogen and oxygen atoms in total. The molecule has 2 aromatic heterocycles. The number of hydrogen-bond acceptors (Lipinski definition) is 5. The highest BCUT2D eigenvalue weighted by Crippen LogP contribution is 2.39. The van der Waals surface area contributed by atoms with Crippen molar-refractivity contribution in [3.63, 3.8) is 0 Å². The highest BCUT2D eigenvalue weighted by Gasteiger charge is 2.26. The highest BCUT2D eigenvalue weighted by molar-refractivity contribution is 7.17. The number of fused-ring (bicyclic) bond motifs is 3. The van der Waals surface area contributed by atoms with Gasteiger partial charge in [0.25, 0.3) is 0 Å². The highest BCUT2D eigenvalue weighted by atomic mass is 32.1. The van der Waals surface area contributed by atoms with Gasteiger partial charge in [-0.05, 0) is 43.4 Å². The van der Waals surface area contributed by atoms with E-state index in [1.165, 1.54) is 10.6 Å². The van der Waals surface area contributed by atoms with Crippen LogP contribution in [-0.2, 0) is 12.8 Å². The summed E-state index contributed by atoms with van der Waals surface area (Å²) in [4.78, 5) is 19.0. The summed E-state index contributed by atoms with van der Waals surface area (Å²) in [5.74, 6) is 2.07. The molecule has 1 unspecified atom stereocenters. The zero-order valence-corrected chi connectivity index (χ0v) is 15.4. The van der Waals surface area contributed by atoms with Crippen molar-refractivity contribution >= 4 is 22.6 Å². The molecule has 0 spiro atoms. The first-order valence-electron chi connectivity index (χ1n) is 8.36. The Hall–Kier alpha value is -2.34. The van der Waals surface area contributed by atoms with Crippen LogP contribution in [0.15, 0.2) is 18.2 Å². The maximum absolute atomic E-state index is 11.9. The van der Waals surface area contributed by atoms with Gasteiger partial charge in [-0.2, -0.15) is 0 Å². The number of hydrogen-bond donors (Lipinski definition) is 0. The largest absolute Gasteiger partial charge is 0.497 e. The predicted octanol–water partition coefficient (Wildman–Crippen LogP) is 4.02. The zero-order valence-electron chi connectivity index (χ0n) is 14.5.